The highest BCUT2D eigenvalue weighted by Crippen LogP contribution is 2.47. The van der Waals surface area contributed by atoms with Crippen molar-refractivity contribution < 1.29 is 14.3 Å². The predicted octanol–water partition coefficient (Wildman–Crippen LogP) is 4.54. The number of amides is 2. The summed E-state index contributed by atoms with van der Waals surface area (Å²) in [5, 5.41) is 7.00. The molecule has 1 saturated heterocycles. The molecule has 0 bridgehead atoms. The van der Waals surface area contributed by atoms with E-state index in [0.29, 0.717) is 28.8 Å². The van der Waals surface area contributed by atoms with Gasteiger partial charge in [0.2, 0.25) is 11.9 Å². The SMILES string of the molecule is CC(=O)NC1(c2ccccc2)CCC1N1Cc2ccc(-c3nc(NC4CCOCC4)ncc3Cl)cc2C1=O. The molecule has 196 valence electrons. The number of aromatic nitrogens is 2. The second-order valence-electron chi connectivity index (χ2n) is 10.3. The molecule has 1 saturated carbocycles. The Kier molecular flexibility index (Phi) is 6.53. The summed E-state index contributed by atoms with van der Waals surface area (Å²) >= 11 is 6.52. The Morgan fingerprint density at radius 3 is 2.63 bits per heavy atom. The quantitative estimate of drug-likeness (QED) is 0.485. The summed E-state index contributed by atoms with van der Waals surface area (Å²) in [7, 11) is 0. The minimum atomic E-state index is -0.589. The number of hydrogen-bond donors (Lipinski definition) is 2. The Hall–Kier alpha value is -3.49. The topological polar surface area (TPSA) is 96.5 Å². The Morgan fingerprint density at radius 1 is 1.13 bits per heavy atom. The number of nitrogens with one attached hydrogen (secondary N) is 2. The van der Waals surface area contributed by atoms with Crippen LogP contribution in [0.1, 0.15) is 54.1 Å². The number of benzene rings is 2. The molecule has 2 unspecified atom stereocenters. The molecule has 2 atom stereocenters. The van der Waals surface area contributed by atoms with E-state index in [2.05, 4.69) is 15.6 Å². The lowest BCUT2D eigenvalue weighted by molar-refractivity contribution is -0.124. The molecule has 0 radical (unpaired) electrons. The van der Waals surface area contributed by atoms with E-state index in [1.54, 1.807) is 6.20 Å². The van der Waals surface area contributed by atoms with Gasteiger partial charge in [-0.05, 0) is 42.9 Å². The molecular weight excluding hydrogens is 502 g/mol. The monoisotopic (exact) mass is 531 g/mol. The highest BCUT2D eigenvalue weighted by Gasteiger charge is 2.54. The molecule has 2 aromatic carbocycles. The largest absolute Gasteiger partial charge is 0.381 e. The first kappa shape index (κ1) is 24.8. The smallest absolute Gasteiger partial charge is 0.254 e. The van der Waals surface area contributed by atoms with Crippen LogP contribution in [-0.4, -0.2) is 52.0 Å². The van der Waals surface area contributed by atoms with Gasteiger partial charge in [-0.2, -0.15) is 0 Å². The molecule has 0 spiro atoms. The average Bonchev–Trinajstić information content (AvgIpc) is 3.23. The van der Waals surface area contributed by atoms with Crippen molar-refractivity contribution in [3.8, 4) is 11.3 Å². The first-order chi connectivity index (χ1) is 18.4. The Morgan fingerprint density at radius 2 is 1.92 bits per heavy atom. The average molecular weight is 532 g/mol. The van der Waals surface area contributed by atoms with Crippen LogP contribution in [0.4, 0.5) is 5.95 Å². The van der Waals surface area contributed by atoms with Crippen molar-refractivity contribution in [1.82, 2.24) is 20.2 Å². The van der Waals surface area contributed by atoms with E-state index in [-0.39, 0.29) is 23.9 Å². The molecular formula is C29H30ClN5O3. The van der Waals surface area contributed by atoms with Gasteiger partial charge in [0.1, 0.15) is 0 Å². The molecule has 9 heteroatoms. The molecule has 6 rings (SSSR count). The summed E-state index contributed by atoms with van der Waals surface area (Å²) in [6.07, 6.45) is 5.00. The third-order valence-electron chi connectivity index (χ3n) is 7.96. The molecule has 2 fully saturated rings. The van der Waals surface area contributed by atoms with Crippen LogP contribution in [0.3, 0.4) is 0 Å². The van der Waals surface area contributed by atoms with E-state index in [1.807, 2.05) is 53.4 Å². The minimum Gasteiger partial charge on any atom is -0.381 e. The van der Waals surface area contributed by atoms with E-state index in [1.165, 1.54) is 6.92 Å². The highest BCUT2D eigenvalue weighted by molar-refractivity contribution is 6.33. The fourth-order valence-corrected chi connectivity index (χ4v) is 6.17. The fourth-order valence-electron chi connectivity index (χ4n) is 5.97. The van der Waals surface area contributed by atoms with Crippen LogP contribution in [0.2, 0.25) is 5.02 Å². The van der Waals surface area contributed by atoms with Gasteiger partial charge in [-0.1, -0.05) is 54.1 Å². The van der Waals surface area contributed by atoms with Gasteiger partial charge < -0.3 is 20.3 Å². The summed E-state index contributed by atoms with van der Waals surface area (Å²) < 4.78 is 5.44. The van der Waals surface area contributed by atoms with Gasteiger partial charge in [0.15, 0.2) is 0 Å². The maximum Gasteiger partial charge on any atom is 0.254 e. The number of carbonyl (C=O) groups excluding carboxylic acids is 2. The van der Waals surface area contributed by atoms with Crippen molar-refractivity contribution in [2.45, 2.75) is 56.8 Å². The van der Waals surface area contributed by atoms with Crippen LogP contribution >= 0.6 is 11.6 Å². The number of nitrogens with zero attached hydrogens (tertiary/aromatic N) is 3. The summed E-state index contributed by atoms with van der Waals surface area (Å²) in [4.78, 5) is 36.9. The minimum absolute atomic E-state index is 0.0389. The highest BCUT2D eigenvalue weighted by atomic mass is 35.5. The number of ether oxygens (including phenoxy) is 1. The van der Waals surface area contributed by atoms with Crippen LogP contribution in [0, 0.1) is 0 Å². The molecule has 1 aliphatic carbocycles. The van der Waals surface area contributed by atoms with E-state index in [0.717, 1.165) is 55.6 Å². The molecule has 1 aromatic heterocycles. The van der Waals surface area contributed by atoms with E-state index in [9.17, 15) is 9.59 Å². The molecule has 38 heavy (non-hydrogen) atoms. The number of carbonyl (C=O) groups is 2. The summed E-state index contributed by atoms with van der Waals surface area (Å²) in [6, 6.07) is 15.9. The first-order valence-electron chi connectivity index (χ1n) is 13.1. The van der Waals surface area contributed by atoms with E-state index >= 15 is 0 Å². The predicted molar refractivity (Wildman–Crippen MR) is 145 cm³/mol. The summed E-state index contributed by atoms with van der Waals surface area (Å²) in [6.45, 7) is 3.47. The lowest BCUT2D eigenvalue weighted by atomic mass is 9.66. The van der Waals surface area contributed by atoms with Crippen LogP contribution in [0.5, 0.6) is 0 Å². The molecule has 2 amide bonds. The molecule has 2 aliphatic heterocycles. The standard InChI is InChI=1S/C29H30ClN5O3/c1-18(36)34-29(21-5-3-2-4-6-21)12-9-25(29)35-17-20-8-7-19(15-23(20)27(35)37)26-24(30)16-31-28(33-26)32-22-10-13-38-14-11-22/h2-8,15-16,22,25H,9-14,17H2,1H3,(H,34,36)(H,31,32,33). The van der Waals surface area contributed by atoms with Gasteiger partial charge in [-0.3, -0.25) is 9.59 Å². The number of fused-ring (bicyclic) bond motifs is 1. The Labute approximate surface area is 226 Å². The second-order valence-corrected chi connectivity index (χ2v) is 10.7. The Bertz CT molecular complexity index is 1380. The lowest BCUT2D eigenvalue weighted by Crippen LogP contribution is -2.66. The van der Waals surface area contributed by atoms with Crippen molar-refractivity contribution in [2.24, 2.45) is 0 Å². The number of halogens is 1. The third-order valence-corrected chi connectivity index (χ3v) is 8.24. The van der Waals surface area contributed by atoms with Gasteiger partial charge in [-0.15, -0.1) is 0 Å². The zero-order chi connectivity index (χ0) is 26.3. The number of hydrogen-bond acceptors (Lipinski definition) is 6. The van der Waals surface area contributed by atoms with Crippen molar-refractivity contribution in [3.05, 3.63) is 76.4 Å². The van der Waals surface area contributed by atoms with Gasteiger partial charge in [-0.25, -0.2) is 9.97 Å². The van der Waals surface area contributed by atoms with Crippen molar-refractivity contribution >= 4 is 29.4 Å². The molecule has 3 aliphatic rings. The number of rotatable bonds is 6. The molecule has 3 aromatic rings. The van der Waals surface area contributed by atoms with Crippen LogP contribution in [0.25, 0.3) is 11.3 Å². The molecule has 2 N–H and O–H groups in total. The van der Waals surface area contributed by atoms with Gasteiger partial charge in [0.05, 0.1) is 28.5 Å². The molecule has 8 nitrogen and oxygen atoms in total. The third kappa shape index (κ3) is 4.41. The maximum atomic E-state index is 13.8. The first-order valence-corrected chi connectivity index (χ1v) is 13.5. The van der Waals surface area contributed by atoms with Crippen molar-refractivity contribution in [1.29, 1.82) is 0 Å². The zero-order valence-electron chi connectivity index (χ0n) is 21.2. The lowest BCUT2D eigenvalue weighted by Gasteiger charge is -2.53. The summed E-state index contributed by atoms with van der Waals surface area (Å²) in [5.41, 5.74) is 3.40. The van der Waals surface area contributed by atoms with Crippen LogP contribution in [-0.2, 0) is 21.6 Å². The van der Waals surface area contributed by atoms with Gasteiger partial charge in [0.25, 0.3) is 5.91 Å². The van der Waals surface area contributed by atoms with Crippen molar-refractivity contribution in [3.63, 3.8) is 0 Å². The maximum absolute atomic E-state index is 13.8. The van der Waals surface area contributed by atoms with E-state index in [4.69, 9.17) is 21.3 Å². The van der Waals surface area contributed by atoms with Gasteiger partial charge in [0, 0.05) is 43.9 Å². The van der Waals surface area contributed by atoms with Crippen LogP contribution in [0.15, 0.2) is 54.7 Å². The van der Waals surface area contributed by atoms with Crippen LogP contribution < -0.4 is 10.6 Å². The fraction of sp³-hybridized carbons (Fsp3) is 0.379. The molecule has 3 heterocycles. The van der Waals surface area contributed by atoms with Gasteiger partial charge >= 0.3 is 0 Å². The van der Waals surface area contributed by atoms with Crippen molar-refractivity contribution in [2.75, 3.05) is 18.5 Å². The Balaban J connectivity index is 1.27. The number of anilines is 1. The zero-order valence-corrected chi connectivity index (χ0v) is 22.0. The second kappa shape index (κ2) is 10.0. The normalized spacial score (nSPS) is 23.1. The van der Waals surface area contributed by atoms with E-state index < -0.39 is 5.54 Å². The summed E-state index contributed by atoms with van der Waals surface area (Å²) in [5.74, 6) is 0.374.